The van der Waals surface area contributed by atoms with Crippen LogP contribution in [-0.2, 0) is 4.79 Å². The van der Waals surface area contributed by atoms with Crippen molar-refractivity contribution in [3.8, 4) is 0 Å². The van der Waals surface area contributed by atoms with Crippen molar-refractivity contribution >= 4 is 11.9 Å². The number of nitrogens with zero attached hydrogens (tertiary/aromatic N) is 1. The molecule has 0 saturated carbocycles. The number of urea groups is 1. The average molecular weight is 215 g/mol. The molecule has 0 unspecified atom stereocenters. The lowest BCUT2D eigenvalue weighted by atomic mass is 10.0. The van der Waals surface area contributed by atoms with Gasteiger partial charge in [0, 0.05) is 20.1 Å². The smallest absolute Gasteiger partial charge is 0.315 e. The molecular formula is C10H21N3O2. The van der Waals surface area contributed by atoms with Gasteiger partial charge in [-0.15, -0.1) is 0 Å². The van der Waals surface area contributed by atoms with E-state index in [-0.39, 0.29) is 18.0 Å². The van der Waals surface area contributed by atoms with E-state index in [1.165, 1.54) is 4.90 Å². The third kappa shape index (κ3) is 4.67. The predicted molar refractivity (Wildman–Crippen MR) is 59.6 cm³/mol. The summed E-state index contributed by atoms with van der Waals surface area (Å²) in [4.78, 5) is 24.5. The lowest BCUT2D eigenvalue weighted by Crippen LogP contribution is -2.57. The first-order chi connectivity index (χ1) is 6.66. The summed E-state index contributed by atoms with van der Waals surface area (Å²) in [5, 5.41) is 5.30. The normalized spacial score (nSPS) is 11.1. The van der Waals surface area contributed by atoms with Crippen molar-refractivity contribution in [1.29, 1.82) is 0 Å². The zero-order chi connectivity index (χ0) is 12.2. The third-order valence-corrected chi connectivity index (χ3v) is 1.79. The largest absolute Gasteiger partial charge is 0.347 e. The molecule has 3 amide bonds. The lowest BCUT2D eigenvalue weighted by molar-refractivity contribution is -0.134. The van der Waals surface area contributed by atoms with Gasteiger partial charge in [-0.1, -0.05) is 0 Å². The van der Waals surface area contributed by atoms with Crippen LogP contribution in [0.3, 0.4) is 0 Å². The van der Waals surface area contributed by atoms with E-state index in [1.807, 2.05) is 13.8 Å². The number of amides is 3. The monoisotopic (exact) mass is 215 g/mol. The Bertz CT molecular complexity index is 247. The van der Waals surface area contributed by atoms with Crippen LogP contribution < -0.4 is 10.6 Å². The first-order valence-corrected chi connectivity index (χ1v) is 4.97. The van der Waals surface area contributed by atoms with Crippen LogP contribution in [0, 0.1) is 0 Å². The minimum Gasteiger partial charge on any atom is -0.347 e. The highest BCUT2D eigenvalue weighted by Gasteiger charge is 2.30. The van der Waals surface area contributed by atoms with Crippen LogP contribution in [0.4, 0.5) is 4.79 Å². The first kappa shape index (κ1) is 13.7. The number of rotatable bonds is 3. The topological polar surface area (TPSA) is 61.4 Å². The summed E-state index contributed by atoms with van der Waals surface area (Å²) in [6, 6.07) is -0.277. The fraction of sp³-hybridized carbons (Fsp3) is 0.800. The molecule has 0 heterocycles. The average Bonchev–Trinajstić information content (AvgIpc) is 1.99. The molecule has 0 aromatic carbocycles. The minimum absolute atomic E-state index is 0.0512. The highest BCUT2D eigenvalue weighted by molar-refractivity contribution is 5.90. The van der Waals surface area contributed by atoms with Gasteiger partial charge < -0.3 is 15.5 Å². The van der Waals surface area contributed by atoms with E-state index in [1.54, 1.807) is 27.9 Å². The SMILES string of the molecule is CC(C)NC(=O)NC(C)(C)C(=O)N(C)C. The molecule has 0 bridgehead atoms. The summed E-state index contributed by atoms with van der Waals surface area (Å²) in [5.74, 6) is -0.138. The van der Waals surface area contributed by atoms with Gasteiger partial charge in [-0.2, -0.15) is 0 Å². The highest BCUT2D eigenvalue weighted by atomic mass is 16.2. The van der Waals surface area contributed by atoms with Gasteiger partial charge in [0.05, 0.1) is 0 Å². The predicted octanol–water partition coefficient (Wildman–Crippen LogP) is 0.561. The number of carbonyl (C=O) groups excluding carboxylic acids is 2. The van der Waals surface area contributed by atoms with Crippen LogP contribution in [0.15, 0.2) is 0 Å². The van der Waals surface area contributed by atoms with Crippen molar-refractivity contribution in [2.45, 2.75) is 39.3 Å². The molecule has 0 atom stereocenters. The maximum Gasteiger partial charge on any atom is 0.315 e. The van der Waals surface area contributed by atoms with Crippen LogP contribution in [0.25, 0.3) is 0 Å². The van der Waals surface area contributed by atoms with Crippen molar-refractivity contribution in [3.63, 3.8) is 0 Å². The molecule has 0 aromatic heterocycles. The molecule has 5 nitrogen and oxygen atoms in total. The van der Waals surface area contributed by atoms with Crippen LogP contribution in [-0.4, -0.2) is 42.5 Å². The molecule has 0 aliphatic carbocycles. The molecule has 0 aliphatic heterocycles. The molecule has 88 valence electrons. The maximum atomic E-state index is 11.7. The fourth-order valence-electron chi connectivity index (χ4n) is 1.19. The van der Waals surface area contributed by atoms with E-state index in [4.69, 9.17) is 0 Å². The maximum absolute atomic E-state index is 11.7. The molecular weight excluding hydrogens is 194 g/mol. The van der Waals surface area contributed by atoms with E-state index in [0.717, 1.165) is 0 Å². The second-order valence-corrected chi connectivity index (χ2v) is 4.58. The molecule has 0 aliphatic rings. The van der Waals surface area contributed by atoms with E-state index >= 15 is 0 Å². The fourth-order valence-corrected chi connectivity index (χ4v) is 1.19. The number of carbonyl (C=O) groups is 2. The number of likely N-dealkylation sites (N-methyl/N-ethyl adjacent to an activating group) is 1. The molecule has 0 aromatic rings. The van der Waals surface area contributed by atoms with Crippen LogP contribution in [0.2, 0.25) is 0 Å². The standard InChI is InChI=1S/C10H21N3O2/c1-7(2)11-9(15)12-10(3,4)8(14)13(5)6/h7H,1-6H3,(H2,11,12,15). The second-order valence-electron chi connectivity index (χ2n) is 4.58. The van der Waals surface area contributed by atoms with Crippen LogP contribution >= 0.6 is 0 Å². The van der Waals surface area contributed by atoms with Gasteiger partial charge in [0.25, 0.3) is 0 Å². The summed E-state index contributed by atoms with van der Waals surface area (Å²) in [5.41, 5.74) is -0.886. The van der Waals surface area contributed by atoms with E-state index in [2.05, 4.69) is 10.6 Å². The Balaban J connectivity index is 4.37. The highest BCUT2D eigenvalue weighted by Crippen LogP contribution is 2.05. The Hall–Kier alpha value is -1.26. The number of nitrogens with one attached hydrogen (secondary N) is 2. The van der Waals surface area contributed by atoms with Crippen molar-refractivity contribution in [2.75, 3.05) is 14.1 Å². The van der Waals surface area contributed by atoms with E-state index in [0.29, 0.717) is 0 Å². The summed E-state index contributed by atoms with van der Waals surface area (Å²) in [6.45, 7) is 7.07. The number of hydrogen-bond acceptors (Lipinski definition) is 2. The Morgan fingerprint density at radius 1 is 1.20 bits per heavy atom. The molecule has 15 heavy (non-hydrogen) atoms. The molecule has 5 heteroatoms. The third-order valence-electron chi connectivity index (χ3n) is 1.79. The van der Waals surface area contributed by atoms with Gasteiger partial charge in [0.1, 0.15) is 5.54 Å². The molecule has 0 rings (SSSR count). The Labute approximate surface area is 91.2 Å². The van der Waals surface area contributed by atoms with Gasteiger partial charge in [0.15, 0.2) is 0 Å². The Morgan fingerprint density at radius 3 is 2.00 bits per heavy atom. The van der Waals surface area contributed by atoms with Gasteiger partial charge in [-0.05, 0) is 27.7 Å². The summed E-state index contributed by atoms with van der Waals surface area (Å²) in [6.07, 6.45) is 0. The first-order valence-electron chi connectivity index (χ1n) is 4.97. The van der Waals surface area contributed by atoms with Crippen molar-refractivity contribution in [3.05, 3.63) is 0 Å². The quantitative estimate of drug-likeness (QED) is 0.722. The summed E-state index contributed by atoms with van der Waals surface area (Å²) in [7, 11) is 3.32. The zero-order valence-electron chi connectivity index (χ0n) is 10.3. The summed E-state index contributed by atoms with van der Waals surface area (Å²) < 4.78 is 0. The molecule has 0 saturated heterocycles. The Morgan fingerprint density at radius 2 is 1.67 bits per heavy atom. The van der Waals surface area contributed by atoms with Crippen molar-refractivity contribution < 1.29 is 9.59 Å². The lowest BCUT2D eigenvalue weighted by Gasteiger charge is -2.28. The number of hydrogen-bond donors (Lipinski definition) is 2. The Kier molecular flexibility index (Phi) is 4.58. The molecule has 0 spiro atoms. The van der Waals surface area contributed by atoms with E-state index in [9.17, 15) is 9.59 Å². The summed E-state index contributed by atoms with van der Waals surface area (Å²) >= 11 is 0. The van der Waals surface area contributed by atoms with E-state index < -0.39 is 5.54 Å². The van der Waals surface area contributed by atoms with Crippen molar-refractivity contribution in [1.82, 2.24) is 15.5 Å². The van der Waals surface area contributed by atoms with Crippen LogP contribution in [0.5, 0.6) is 0 Å². The molecule has 0 fully saturated rings. The zero-order valence-corrected chi connectivity index (χ0v) is 10.3. The second kappa shape index (κ2) is 5.00. The molecule has 2 N–H and O–H groups in total. The van der Waals surface area contributed by atoms with Gasteiger partial charge in [0.2, 0.25) is 5.91 Å². The van der Waals surface area contributed by atoms with Crippen molar-refractivity contribution in [2.24, 2.45) is 0 Å². The van der Waals surface area contributed by atoms with Crippen LogP contribution in [0.1, 0.15) is 27.7 Å². The van der Waals surface area contributed by atoms with Gasteiger partial charge in [-0.3, -0.25) is 4.79 Å². The minimum atomic E-state index is -0.886. The van der Waals surface area contributed by atoms with Gasteiger partial charge >= 0.3 is 6.03 Å². The molecule has 0 radical (unpaired) electrons. The van der Waals surface area contributed by atoms with Gasteiger partial charge in [-0.25, -0.2) is 4.79 Å².